The smallest absolute Gasteiger partial charge is 0.0519 e. The maximum Gasteiger partial charge on any atom is 0.0519 e. The molecule has 1 saturated heterocycles. The lowest BCUT2D eigenvalue weighted by Gasteiger charge is -2.19. The average molecular weight is 211 g/mol. The highest BCUT2D eigenvalue weighted by atomic mass is 32.3. The van der Waals surface area contributed by atoms with Crippen molar-refractivity contribution in [1.29, 1.82) is 0 Å². The van der Waals surface area contributed by atoms with Gasteiger partial charge in [-0.05, 0) is 12.8 Å². The van der Waals surface area contributed by atoms with E-state index in [4.69, 9.17) is 12.6 Å². The Balaban J connectivity index is 2.02. The Kier molecular flexibility index (Phi) is 5.67. The maximum absolute atomic E-state index is 4.90. The maximum atomic E-state index is 4.90. The van der Waals surface area contributed by atoms with E-state index in [0.717, 1.165) is 10.3 Å². The standard InChI is InChI=1S/C6H11S4/c7-3-1-2-6-9-4-8-5-10-6/h6H,1-5H2. The van der Waals surface area contributed by atoms with Gasteiger partial charge < -0.3 is 0 Å². The van der Waals surface area contributed by atoms with Gasteiger partial charge in [-0.3, -0.25) is 0 Å². The average Bonchev–Trinajstić information content (AvgIpc) is 2.03. The van der Waals surface area contributed by atoms with Crippen LogP contribution in [0.25, 0.3) is 0 Å². The highest BCUT2D eigenvalue weighted by Gasteiger charge is 2.13. The molecule has 1 fully saturated rings. The minimum absolute atomic E-state index is 0.851. The lowest BCUT2D eigenvalue weighted by atomic mass is 10.4. The van der Waals surface area contributed by atoms with Gasteiger partial charge in [0.2, 0.25) is 0 Å². The Bertz CT molecular complexity index is 79.8. The second-order valence-electron chi connectivity index (χ2n) is 2.05. The SMILES string of the molecule is [S]CCCC1SCSCS1. The molecule has 0 spiro atoms. The molecule has 0 aromatic heterocycles. The molecular formula is C6H11S4. The number of hydrogen-bond donors (Lipinski definition) is 0. The normalized spacial score (nSPS) is 21.3. The Morgan fingerprint density at radius 2 is 2.00 bits per heavy atom. The Hall–Kier alpha value is 1.40. The van der Waals surface area contributed by atoms with Crippen LogP contribution in [0, 0.1) is 0 Å². The first-order valence-corrected chi connectivity index (χ1v) is 7.15. The summed E-state index contributed by atoms with van der Waals surface area (Å²) in [4.78, 5) is 0. The van der Waals surface area contributed by atoms with Gasteiger partial charge in [0.1, 0.15) is 0 Å². The van der Waals surface area contributed by atoms with Crippen molar-refractivity contribution in [3.8, 4) is 0 Å². The van der Waals surface area contributed by atoms with Gasteiger partial charge >= 0.3 is 0 Å². The highest BCUT2D eigenvalue weighted by Crippen LogP contribution is 2.38. The van der Waals surface area contributed by atoms with Crippen molar-refractivity contribution in [3.05, 3.63) is 0 Å². The van der Waals surface area contributed by atoms with Crippen LogP contribution in [-0.2, 0) is 0 Å². The summed E-state index contributed by atoms with van der Waals surface area (Å²) >= 11 is 11.1. The van der Waals surface area contributed by atoms with E-state index in [9.17, 15) is 0 Å². The zero-order valence-electron chi connectivity index (χ0n) is 5.75. The van der Waals surface area contributed by atoms with E-state index in [1.807, 2.05) is 11.8 Å². The predicted molar refractivity (Wildman–Crippen MR) is 58.0 cm³/mol. The summed E-state index contributed by atoms with van der Waals surface area (Å²) in [5.41, 5.74) is 0. The van der Waals surface area contributed by atoms with Gasteiger partial charge in [0.15, 0.2) is 0 Å². The first kappa shape index (κ1) is 9.49. The molecule has 1 radical (unpaired) electrons. The number of thioether (sulfide) groups is 3. The summed E-state index contributed by atoms with van der Waals surface area (Å²) in [5.74, 6) is 0.935. The van der Waals surface area contributed by atoms with Gasteiger partial charge in [-0.2, -0.15) is 0 Å². The van der Waals surface area contributed by atoms with Gasteiger partial charge in [-0.15, -0.1) is 35.3 Å². The fourth-order valence-corrected chi connectivity index (χ4v) is 5.83. The highest BCUT2D eigenvalue weighted by molar-refractivity contribution is 8.32. The van der Waals surface area contributed by atoms with Gasteiger partial charge in [0, 0.05) is 15.9 Å². The second kappa shape index (κ2) is 5.98. The molecule has 0 bridgehead atoms. The van der Waals surface area contributed by atoms with Crippen LogP contribution >= 0.6 is 47.9 Å². The number of rotatable bonds is 3. The largest absolute Gasteiger partial charge is 0.140 e. The van der Waals surface area contributed by atoms with Crippen molar-refractivity contribution in [1.82, 2.24) is 0 Å². The molecule has 0 unspecified atom stereocenters. The fourth-order valence-electron chi connectivity index (χ4n) is 0.747. The van der Waals surface area contributed by atoms with E-state index in [-0.39, 0.29) is 0 Å². The summed E-state index contributed by atoms with van der Waals surface area (Å²) in [6.45, 7) is 0. The van der Waals surface area contributed by atoms with Crippen molar-refractivity contribution in [2.45, 2.75) is 17.4 Å². The van der Waals surface area contributed by atoms with E-state index < -0.39 is 0 Å². The van der Waals surface area contributed by atoms with Crippen LogP contribution < -0.4 is 0 Å². The lowest BCUT2D eigenvalue weighted by molar-refractivity contribution is 0.883. The van der Waals surface area contributed by atoms with Crippen LogP contribution in [0.4, 0.5) is 0 Å². The molecule has 0 aliphatic carbocycles. The van der Waals surface area contributed by atoms with Crippen molar-refractivity contribution in [3.63, 3.8) is 0 Å². The topological polar surface area (TPSA) is 0 Å². The molecule has 0 atom stereocenters. The summed E-state index contributed by atoms with van der Waals surface area (Å²) in [6, 6.07) is 0. The van der Waals surface area contributed by atoms with Gasteiger partial charge in [-0.25, -0.2) is 0 Å². The van der Waals surface area contributed by atoms with Crippen molar-refractivity contribution in [2.24, 2.45) is 0 Å². The van der Waals surface area contributed by atoms with E-state index in [2.05, 4.69) is 23.5 Å². The molecule has 0 aromatic rings. The summed E-state index contributed by atoms with van der Waals surface area (Å²) < 4.78 is 0.851. The van der Waals surface area contributed by atoms with E-state index in [1.165, 1.54) is 23.0 Å². The molecule has 10 heavy (non-hydrogen) atoms. The van der Waals surface area contributed by atoms with Crippen molar-refractivity contribution in [2.75, 3.05) is 15.9 Å². The van der Waals surface area contributed by atoms with Crippen LogP contribution in [-0.4, -0.2) is 20.5 Å². The number of hydrogen-bond acceptors (Lipinski definition) is 3. The minimum atomic E-state index is 0.851. The molecule has 0 N–H and O–H groups in total. The molecule has 4 heteroatoms. The molecule has 0 nitrogen and oxygen atoms in total. The molecule has 1 heterocycles. The third kappa shape index (κ3) is 3.69. The molecule has 1 rings (SSSR count). The molecular weight excluding hydrogens is 200 g/mol. The van der Waals surface area contributed by atoms with E-state index >= 15 is 0 Å². The van der Waals surface area contributed by atoms with Crippen LogP contribution in [0.1, 0.15) is 12.8 Å². The molecule has 0 amide bonds. The Morgan fingerprint density at radius 1 is 1.30 bits per heavy atom. The van der Waals surface area contributed by atoms with Crippen LogP contribution in [0.15, 0.2) is 0 Å². The molecule has 0 saturated carbocycles. The monoisotopic (exact) mass is 211 g/mol. The Labute approximate surface area is 81.1 Å². The first-order chi connectivity index (χ1) is 4.93. The van der Waals surface area contributed by atoms with Gasteiger partial charge in [0.05, 0.1) is 4.58 Å². The first-order valence-electron chi connectivity index (χ1n) is 3.32. The molecule has 1 aliphatic rings. The second-order valence-corrected chi connectivity index (χ2v) is 6.85. The third-order valence-electron chi connectivity index (χ3n) is 1.26. The van der Waals surface area contributed by atoms with Crippen LogP contribution in [0.5, 0.6) is 0 Å². The summed E-state index contributed by atoms with van der Waals surface area (Å²) in [7, 11) is 0. The summed E-state index contributed by atoms with van der Waals surface area (Å²) in [6.07, 6.45) is 2.55. The Morgan fingerprint density at radius 3 is 2.60 bits per heavy atom. The third-order valence-corrected chi connectivity index (χ3v) is 6.00. The minimum Gasteiger partial charge on any atom is -0.140 e. The van der Waals surface area contributed by atoms with Crippen LogP contribution in [0.3, 0.4) is 0 Å². The zero-order valence-corrected chi connectivity index (χ0v) is 9.01. The van der Waals surface area contributed by atoms with Gasteiger partial charge in [0.25, 0.3) is 0 Å². The lowest BCUT2D eigenvalue weighted by Crippen LogP contribution is -2.02. The fraction of sp³-hybridized carbons (Fsp3) is 1.00. The van der Waals surface area contributed by atoms with Crippen LogP contribution in [0.2, 0.25) is 0 Å². The van der Waals surface area contributed by atoms with Crippen molar-refractivity contribution >= 4 is 47.9 Å². The predicted octanol–water partition coefficient (Wildman–Crippen LogP) is 3.42. The molecule has 59 valence electrons. The quantitative estimate of drug-likeness (QED) is 0.702. The zero-order chi connectivity index (χ0) is 7.23. The van der Waals surface area contributed by atoms with E-state index in [1.54, 1.807) is 0 Å². The molecule has 1 aliphatic heterocycles. The molecule has 0 aromatic carbocycles. The van der Waals surface area contributed by atoms with Gasteiger partial charge in [-0.1, -0.05) is 12.6 Å². The van der Waals surface area contributed by atoms with E-state index in [0.29, 0.717) is 0 Å². The summed E-state index contributed by atoms with van der Waals surface area (Å²) in [5, 5.41) is 2.57. The van der Waals surface area contributed by atoms with Crippen molar-refractivity contribution < 1.29 is 0 Å².